The van der Waals surface area contributed by atoms with Gasteiger partial charge in [0.15, 0.2) is 0 Å². The first-order chi connectivity index (χ1) is 8.25. The van der Waals surface area contributed by atoms with E-state index in [2.05, 4.69) is 10.1 Å². The number of hydrogen-bond donors (Lipinski definition) is 0. The van der Waals surface area contributed by atoms with E-state index in [1.807, 2.05) is 23.9 Å². The van der Waals surface area contributed by atoms with Crippen LogP contribution in [-0.2, 0) is 6.54 Å². The average molecular weight is 250 g/mol. The first-order valence-electron chi connectivity index (χ1n) is 5.57. The van der Waals surface area contributed by atoms with E-state index >= 15 is 0 Å². The van der Waals surface area contributed by atoms with E-state index in [1.165, 1.54) is 0 Å². The monoisotopic (exact) mass is 249 g/mol. The van der Waals surface area contributed by atoms with Crippen molar-refractivity contribution in [3.05, 3.63) is 29.2 Å². The van der Waals surface area contributed by atoms with Crippen molar-refractivity contribution in [2.24, 2.45) is 0 Å². The van der Waals surface area contributed by atoms with E-state index in [1.54, 1.807) is 6.20 Å². The van der Waals surface area contributed by atoms with Gasteiger partial charge in [0.05, 0.1) is 18.4 Å². The lowest BCUT2D eigenvalue weighted by Gasteiger charge is -2.16. The third kappa shape index (κ3) is 1.78. The minimum Gasteiger partial charge on any atom is -0.477 e. The Hall–Kier alpha value is -1.55. The molecule has 0 spiro atoms. The van der Waals surface area contributed by atoms with Crippen LogP contribution < -0.4 is 4.74 Å². The van der Waals surface area contributed by atoms with Crippen molar-refractivity contribution >= 4 is 11.6 Å². The summed E-state index contributed by atoms with van der Waals surface area (Å²) in [6.45, 7) is 3.60. The molecule has 0 saturated heterocycles. The van der Waals surface area contributed by atoms with Crippen molar-refractivity contribution < 1.29 is 4.74 Å². The number of aryl methyl sites for hydroxylation is 2. The van der Waals surface area contributed by atoms with Crippen LogP contribution in [0.3, 0.4) is 0 Å². The van der Waals surface area contributed by atoms with E-state index in [0.717, 1.165) is 42.1 Å². The van der Waals surface area contributed by atoms with Gasteiger partial charge in [0.25, 0.3) is 0 Å². The third-order valence-electron chi connectivity index (χ3n) is 2.87. The summed E-state index contributed by atoms with van der Waals surface area (Å²) in [6, 6.07) is 2.01. The standard InChI is InChI=1S/C12H12ClN3O/c1-8-5-9(6-14-11(8)13)10-7-15-16-3-2-4-17-12(10)16/h5-7H,2-4H2,1H3. The highest BCUT2D eigenvalue weighted by Gasteiger charge is 2.17. The Balaban J connectivity index is 2.09. The van der Waals surface area contributed by atoms with Crippen LogP contribution in [0.5, 0.6) is 5.88 Å². The van der Waals surface area contributed by atoms with Gasteiger partial charge in [-0.1, -0.05) is 11.6 Å². The van der Waals surface area contributed by atoms with Crippen molar-refractivity contribution in [1.29, 1.82) is 0 Å². The summed E-state index contributed by atoms with van der Waals surface area (Å²) >= 11 is 5.92. The van der Waals surface area contributed by atoms with E-state index in [9.17, 15) is 0 Å². The summed E-state index contributed by atoms with van der Waals surface area (Å²) in [7, 11) is 0. The van der Waals surface area contributed by atoms with Crippen molar-refractivity contribution in [3.63, 3.8) is 0 Å². The number of hydrogen-bond acceptors (Lipinski definition) is 3. The lowest BCUT2D eigenvalue weighted by molar-refractivity contribution is 0.231. The second-order valence-corrected chi connectivity index (χ2v) is 4.48. The molecule has 2 aromatic rings. The van der Waals surface area contributed by atoms with Crippen molar-refractivity contribution in [3.8, 4) is 17.0 Å². The maximum Gasteiger partial charge on any atom is 0.219 e. The summed E-state index contributed by atoms with van der Waals surface area (Å²) in [5.41, 5.74) is 2.94. The van der Waals surface area contributed by atoms with Gasteiger partial charge >= 0.3 is 0 Å². The zero-order valence-electron chi connectivity index (χ0n) is 9.48. The third-order valence-corrected chi connectivity index (χ3v) is 3.27. The minimum atomic E-state index is 0.538. The Kier molecular flexibility index (Phi) is 2.52. The highest BCUT2D eigenvalue weighted by atomic mass is 35.5. The van der Waals surface area contributed by atoms with Gasteiger partial charge in [0.2, 0.25) is 5.88 Å². The number of nitrogens with zero attached hydrogens (tertiary/aromatic N) is 3. The largest absolute Gasteiger partial charge is 0.477 e. The van der Waals surface area contributed by atoms with Gasteiger partial charge in [0, 0.05) is 24.7 Å². The van der Waals surface area contributed by atoms with Crippen LogP contribution >= 0.6 is 11.6 Å². The molecule has 0 atom stereocenters. The molecule has 0 bridgehead atoms. The number of rotatable bonds is 1. The van der Waals surface area contributed by atoms with Crippen LogP contribution in [0.2, 0.25) is 5.15 Å². The smallest absolute Gasteiger partial charge is 0.219 e. The topological polar surface area (TPSA) is 39.9 Å². The highest BCUT2D eigenvalue weighted by molar-refractivity contribution is 6.30. The van der Waals surface area contributed by atoms with E-state index in [0.29, 0.717) is 5.15 Å². The zero-order valence-corrected chi connectivity index (χ0v) is 10.2. The molecule has 17 heavy (non-hydrogen) atoms. The molecule has 1 aliphatic rings. The summed E-state index contributed by atoms with van der Waals surface area (Å²) in [5.74, 6) is 0.833. The van der Waals surface area contributed by atoms with Crippen molar-refractivity contribution in [1.82, 2.24) is 14.8 Å². The lowest BCUT2D eigenvalue weighted by Crippen LogP contribution is -2.14. The molecular weight excluding hydrogens is 238 g/mol. The summed E-state index contributed by atoms with van der Waals surface area (Å²) in [5, 5.41) is 4.85. The SMILES string of the molecule is Cc1cc(-c2cnn3c2OCCC3)cnc1Cl. The maximum atomic E-state index is 5.92. The van der Waals surface area contributed by atoms with Crippen LogP contribution in [0.25, 0.3) is 11.1 Å². The Morgan fingerprint density at radius 2 is 2.29 bits per heavy atom. The second-order valence-electron chi connectivity index (χ2n) is 4.12. The molecule has 4 nitrogen and oxygen atoms in total. The van der Waals surface area contributed by atoms with Crippen LogP contribution in [0.15, 0.2) is 18.5 Å². The summed E-state index contributed by atoms with van der Waals surface area (Å²) in [4.78, 5) is 4.16. The van der Waals surface area contributed by atoms with E-state index < -0.39 is 0 Å². The molecule has 2 aromatic heterocycles. The molecule has 0 unspecified atom stereocenters. The molecule has 0 fully saturated rings. The van der Waals surface area contributed by atoms with E-state index in [-0.39, 0.29) is 0 Å². The number of pyridine rings is 1. The Bertz CT molecular complexity index is 565. The molecule has 0 aliphatic carbocycles. The van der Waals surface area contributed by atoms with Crippen LogP contribution in [0, 0.1) is 6.92 Å². The average Bonchev–Trinajstić information content (AvgIpc) is 2.76. The predicted octanol–water partition coefficient (Wildman–Crippen LogP) is 2.69. The molecule has 5 heteroatoms. The van der Waals surface area contributed by atoms with Gasteiger partial charge in [-0.3, -0.25) is 0 Å². The first-order valence-corrected chi connectivity index (χ1v) is 5.94. The summed E-state index contributed by atoms with van der Waals surface area (Å²) < 4.78 is 7.55. The number of ether oxygens (including phenoxy) is 1. The summed E-state index contributed by atoms with van der Waals surface area (Å²) in [6.07, 6.45) is 4.59. The van der Waals surface area contributed by atoms with Crippen LogP contribution in [0.1, 0.15) is 12.0 Å². The number of fused-ring (bicyclic) bond motifs is 1. The molecule has 0 aromatic carbocycles. The molecule has 3 heterocycles. The van der Waals surface area contributed by atoms with Gasteiger partial charge in [-0.25, -0.2) is 9.67 Å². The van der Waals surface area contributed by atoms with E-state index in [4.69, 9.17) is 16.3 Å². The number of halogens is 1. The molecule has 0 saturated carbocycles. The molecule has 88 valence electrons. The zero-order chi connectivity index (χ0) is 11.8. The normalized spacial score (nSPS) is 14.2. The fourth-order valence-electron chi connectivity index (χ4n) is 1.97. The molecule has 0 amide bonds. The van der Waals surface area contributed by atoms with Gasteiger partial charge in [-0.05, 0) is 18.6 Å². The van der Waals surface area contributed by atoms with Gasteiger partial charge in [-0.2, -0.15) is 5.10 Å². The first kappa shape index (κ1) is 10.6. The van der Waals surface area contributed by atoms with Crippen molar-refractivity contribution in [2.75, 3.05) is 6.61 Å². The lowest BCUT2D eigenvalue weighted by atomic mass is 10.1. The highest BCUT2D eigenvalue weighted by Crippen LogP contribution is 2.32. The van der Waals surface area contributed by atoms with Crippen molar-refractivity contribution in [2.45, 2.75) is 19.9 Å². The number of aromatic nitrogens is 3. The van der Waals surface area contributed by atoms with Gasteiger partial charge in [0.1, 0.15) is 5.15 Å². The van der Waals surface area contributed by atoms with Gasteiger partial charge < -0.3 is 4.74 Å². The van der Waals surface area contributed by atoms with Gasteiger partial charge in [-0.15, -0.1) is 0 Å². The fourth-order valence-corrected chi connectivity index (χ4v) is 2.08. The molecule has 1 aliphatic heterocycles. The van der Waals surface area contributed by atoms with Crippen LogP contribution in [0.4, 0.5) is 0 Å². The molecule has 0 radical (unpaired) electrons. The second kappa shape index (κ2) is 4.04. The van der Waals surface area contributed by atoms with Crippen LogP contribution in [-0.4, -0.2) is 21.4 Å². The fraction of sp³-hybridized carbons (Fsp3) is 0.333. The minimum absolute atomic E-state index is 0.538. The Morgan fingerprint density at radius 1 is 1.41 bits per heavy atom. The molecular formula is C12H12ClN3O. The molecule has 0 N–H and O–H groups in total. The molecule has 3 rings (SSSR count). The Morgan fingerprint density at radius 3 is 3.12 bits per heavy atom. The quantitative estimate of drug-likeness (QED) is 0.730. The Labute approximate surface area is 104 Å². The predicted molar refractivity (Wildman–Crippen MR) is 65.3 cm³/mol. The maximum absolute atomic E-state index is 5.92.